The van der Waals surface area contributed by atoms with E-state index in [1.807, 2.05) is 17.8 Å². The average molecular weight is 180 g/mol. The molecule has 1 aliphatic rings. The molecular weight excluding hydrogens is 164 g/mol. The second-order valence-electron chi connectivity index (χ2n) is 3.89. The van der Waals surface area contributed by atoms with Crippen molar-refractivity contribution < 1.29 is 5.11 Å². The summed E-state index contributed by atoms with van der Waals surface area (Å²) in [5.41, 5.74) is 1.21. The zero-order chi connectivity index (χ0) is 9.26. The van der Waals surface area contributed by atoms with E-state index in [2.05, 4.69) is 5.10 Å². The number of rotatable bonds is 4. The van der Waals surface area contributed by atoms with E-state index >= 15 is 0 Å². The van der Waals surface area contributed by atoms with Gasteiger partial charge in [0.05, 0.1) is 6.10 Å². The summed E-state index contributed by atoms with van der Waals surface area (Å²) >= 11 is 0. The molecule has 1 aromatic rings. The summed E-state index contributed by atoms with van der Waals surface area (Å²) in [6.07, 6.45) is 5.96. The summed E-state index contributed by atoms with van der Waals surface area (Å²) in [6.45, 7) is 0. The summed E-state index contributed by atoms with van der Waals surface area (Å²) < 4.78 is 1.87. The first-order valence-electron chi connectivity index (χ1n) is 4.92. The molecule has 1 aromatic heterocycles. The molecule has 1 unspecified atom stereocenters. The Morgan fingerprint density at radius 2 is 2.46 bits per heavy atom. The Hall–Kier alpha value is -0.830. The highest BCUT2D eigenvalue weighted by Gasteiger charge is 2.29. The maximum atomic E-state index is 9.65. The van der Waals surface area contributed by atoms with Crippen LogP contribution in [0.4, 0.5) is 0 Å². The SMILES string of the molecule is Cn1nccc1CCC(O)C1CC1. The smallest absolute Gasteiger partial charge is 0.0572 e. The van der Waals surface area contributed by atoms with Crippen LogP contribution in [0.5, 0.6) is 0 Å². The molecule has 1 heterocycles. The van der Waals surface area contributed by atoms with Crippen molar-refractivity contribution in [3.05, 3.63) is 18.0 Å². The minimum atomic E-state index is -0.0881. The van der Waals surface area contributed by atoms with Crippen molar-refractivity contribution in [1.82, 2.24) is 9.78 Å². The van der Waals surface area contributed by atoms with Crippen LogP contribution in [0.2, 0.25) is 0 Å². The van der Waals surface area contributed by atoms with E-state index in [1.54, 1.807) is 6.20 Å². The van der Waals surface area contributed by atoms with Crippen molar-refractivity contribution in [3.8, 4) is 0 Å². The predicted molar refractivity (Wildman–Crippen MR) is 50.3 cm³/mol. The number of hydrogen-bond donors (Lipinski definition) is 1. The standard InChI is InChI=1S/C10H16N2O/c1-12-9(6-7-11-12)4-5-10(13)8-2-3-8/h6-8,10,13H,2-5H2,1H3. The zero-order valence-electron chi connectivity index (χ0n) is 7.98. The Balaban J connectivity index is 1.81. The minimum absolute atomic E-state index is 0.0881. The summed E-state index contributed by atoms with van der Waals surface area (Å²) in [6, 6.07) is 2.01. The number of nitrogens with zero attached hydrogens (tertiary/aromatic N) is 2. The highest BCUT2D eigenvalue weighted by Crippen LogP contribution is 2.34. The normalized spacial score (nSPS) is 18.9. The van der Waals surface area contributed by atoms with Crippen LogP contribution in [-0.4, -0.2) is 21.0 Å². The molecule has 0 radical (unpaired) electrons. The molecule has 0 spiro atoms. The van der Waals surface area contributed by atoms with Crippen LogP contribution in [0, 0.1) is 5.92 Å². The van der Waals surface area contributed by atoms with Crippen molar-refractivity contribution in [3.63, 3.8) is 0 Å². The maximum absolute atomic E-state index is 9.65. The third-order valence-electron chi connectivity index (χ3n) is 2.78. The van der Waals surface area contributed by atoms with E-state index in [0.29, 0.717) is 5.92 Å². The van der Waals surface area contributed by atoms with Gasteiger partial charge in [-0.15, -0.1) is 0 Å². The van der Waals surface area contributed by atoms with Gasteiger partial charge in [-0.3, -0.25) is 4.68 Å². The van der Waals surface area contributed by atoms with Crippen molar-refractivity contribution in [2.24, 2.45) is 13.0 Å². The predicted octanol–water partition coefficient (Wildman–Crippen LogP) is 1.12. The summed E-state index contributed by atoms with van der Waals surface area (Å²) in [4.78, 5) is 0. The van der Waals surface area contributed by atoms with E-state index in [9.17, 15) is 5.11 Å². The van der Waals surface area contributed by atoms with Gasteiger partial charge in [-0.2, -0.15) is 5.10 Å². The lowest BCUT2D eigenvalue weighted by Gasteiger charge is -2.08. The first-order valence-corrected chi connectivity index (χ1v) is 4.92. The van der Waals surface area contributed by atoms with E-state index in [1.165, 1.54) is 18.5 Å². The van der Waals surface area contributed by atoms with Crippen molar-refractivity contribution in [1.29, 1.82) is 0 Å². The third-order valence-corrected chi connectivity index (χ3v) is 2.78. The monoisotopic (exact) mass is 180 g/mol. The number of aliphatic hydroxyl groups is 1. The van der Waals surface area contributed by atoms with Crippen LogP contribution in [0.1, 0.15) is 25.0 Å². The molecule has 1 fully saturated rings. The number of aliphatic hydroxyl groups excluding tert-OH is 1. The lowest BCUT2D eigenvalue weighted by atomic mass is 10.1. The molecule has 0 aromatic carbocycles. The van der Waals surface area contributed by atoms with Gasteiger partial charge in [-0.25, -0.2) is 0 Å². The quantitative estimate of drug-likeness (QED) is 0.754. The number of aromatic nitrogens is 2. The van der Waals surface area contributed by atoms with Gasteiger partial charge in [0.1, 0.15) is 0 Å². The molecule has 0 amide bonds. The van der Waals surface area contributed by atoms with Gasteiger partial charge in [-0.1, -0.05) is 0 Å². The Morgan fingerprint density at radius 1 is 1.69 bits per heavy atom. The minimum Gasteiger partial charge on any atom is -0.393 e. The Bertz CT molecular complexity index is 278. The van der Waals surface area contributed by atoms with Gasteiger partial charge in [0, 0.05) is 18.9 Å². The molecule has 3 nitrogen and oxygen atoms in total. The van der Waals surface area contributed by atoms with Crippen molar-refractivity contribution in [2.45, 2.75) is 31.8 Å². The molecule has 0 saturated heterocycles. The van der Waals surface area contributed by atoms with Gasteiger partial charge in [0.2, 0.25) is 0 Å². The van der Waals surface area contributed by atoms with Crippen LogP contribution in [-0.2, 0) is 13.5 Å². The number of hydrogen-bond acceptors (Lipinski definition) is 2. The first kappa shape index (κ1) is 8.75. The maximum Gasteiger partial charge on any atom is 0.0572 e. The zero-order valence-corrected chi connectivity index (χ0v) is 7.98. The average Bonchev–Trinajstić information content (AvgIpc) is 2.88. The molecule has 1 N–H and O–H groups in total. The molecule has 1 atom stereocenters. The molecule has 3 heteroatoms. The molecular formula is C10H16N2O. The van der Waals surface area contributed by atoms with Crippen LogP contribution in [0.15, 0.2) is 12.3 Å². The second kappa shape index (κ2) is 3.50. The van der Waals surface area contributed by atoms with E-state index in [-0.39, 0.29) is 6.10 Å². The van der Waals surface area contributed by atoms with Gasteiger partial charge in [0.25, 0.3) is 0 Å². The molecule has 0 aliphatic heterocycles. The lowest BCUT2D eigenvalue weighted by Crippen LogP contribution is -2.11. The Kier molecular flexibility index (Phi) is 2.36. The molecule has 1 aliphatic carbocycles. The van der Waals surface area contributed by atoms with Gasteiger partial charge in [0.15, 0.2) is 0 Å². The van der Waals surface area contributed by atoms with Crippen LogP contribution in [0.3, 0.4) is 0 Å². The largest absolute Gasteiger partial charge is 0.393 e. The van der Waals surface area contributed by atoms with Gasteiger partial charge >= 0.3 is 0 Å². The first-order chi connectivity index (χ1) is 6.27. The topological polar surface area (TPSA) is 38.0 Å². The van der Waals surface area contributed by atoms with Crippen molar-refractivity contribution >= 4 is 0 Å². The highest BCUT2D eigenvalue weighted by molar-refractivity contribution is 5.00. The summed E-state index contributed by atoms with van der Waals surface area (Å²) in [7, 11) is 1.94. The molecule has 0 bridgehead atoms. The van der Waals surface area contributed by atoms with Crippen LogP contribution in [0.25, 0.3) is 0 Å². The summed E-state index contributed by atoms with van der Waals surface area (Å²) in [5.74, 6) is 0.591. The Labute approximate surface area is 78.4 Å². The third kappa shape index (κ3) is 2.10. The van der Waals surface area contributed by atoms with Crippen LogP contribution >= 0.6 is 0 Å². The van der Waals surface area contributed by atoms with E-state index in [0.717, 1.165) is 12.8 Å². The van der Waals surface area contributed by atoms with E-state index in [4.69, 9.17) is 0 Å². The molecule has 2 rings (SSSR count). The van der Waals surface area contributed by atoms with Gasteiger partial charge in [-0.05, 0) is 37.7 Å². The second-order valence-corrected chi connectivity index (χ2v) is 3.89. The van der Waals surface area contributed by atoms with Crippen LogP contribution < -0.4 is 0 Å². The van der Waals surface area contributed by atoms with Crippen molar-refractivity contribution in [2.75, 3.05) is 0 Å². The Morgan fingerprint density at radius 3 is 3.00 bits per heavy atom. The fraction of sp³-hybridized carbons (Fsp3) is 0.700. The fourth-order valence-electron chi connectivity index (χ4n) is 1.66. The lowest BCUT2D eigenvalue weighted by molar-refractivity contribution is 0.141. The number of aryl methyl sites for hydroxylation is 2. The molecule has 1 saturated carbocycles. The molecule has 72 valence electrons. The molecule has 13 heavy (non-hydrogen) atoms. The highest BCUT2D eigenvalue weighted by atomic mass is 16.3. The fourth-order valence-corrected chi connectivity index (χ4v) is 1.66. The summed E-state index contributed by atoms with van der Waals surface area (Å²) in [5, 5.41) is 13.7. The van der Waals surface area contributed by atoms with E-state index < -0.39 is 0 Å². The van der Waals surface area contributed by atoms with Gasteiger partial charge < -0.3 is 5.11 Å².